The molecule has 6 heteroatoms. The van der Waals surface area contributed by atoms with Gasteiger partial charge in [-0.25, -0.2) is 14.2 Å². The number of aromatic nitrogens is 1. The Morgan fingerprint density at radius 3 is 2.52 bits per heavy atom. The first-order valence-corrected chi connectivity index (χ1v) is 7.60. The number of rotatable bonds is 3. The summed E-state index contributed by atoms with van der Waals surface area (Å²) < 4.78 is 13.9. The quantitative estimate of drug-likeness (QED) is 0.943. The van der Waals surface area contributed by atoms with Crippen molar-refractivity contribution in [3.63, 3.8) is 0 Å². The molecule has 0 spiro atoms. The maximum Gasteiger partial charge on any atom is 0.354 e. The van der Waals surface area contributed by atoms with Crippen LogP contribution in [0.25, 0.3) is 0 Å². The molecule has 0 aliphatic carbocycles. The lowest BCUT2D eigenvalue weighted by atomic mass is 10.2. The SMILES string of the molecule is O=C(O)c1cccc(N2CCCN(c3ccccc3F)CC2)n1. The van der Waals surface area contributed by atoms with E-state index in [0.717, 1.165) is 19.5 Å². The van der Waals surface area contributed by atoms with Gasteiger partial charge in [-0.1, -0.05) is 18.2 Å². The van der Waals surface area contributed by atoms with E-state index in [0.29, 0.717) is 24.6 Å². The van der Waals surface area contributed by atoms with Crippen LogP contribution in [0.15, 0.2) is 42.5 Å². The molecular weight excluding hydrogens is 297 g/mol. The smallest absolute Gasteiger partial charge is 0.354 e. The second-order valence-electron chi connectivity index (χ2n) is 5.47. The number of hydrogen-bond acceptors (Lipinski definition) is 4. The van der Waals surface area contributed by atoms with Gasteiger partial charge in [0, 0.05) is 26.2 Å². The van der Waals surface area contributed by atoms with Crippen molar-refractivity contribution in [1.82, 2.24) is 4.98 Å². The Morgan fingerprint density at radius 1 is 1.00 bits per heavy atom. The van der Waals surface area contributed by atoms with Crippen LogP contribution < -0.4 is 9.80 Å². The second-order valence-corrected chi connectivity index (χ2v) is 5.47. The highest BCUT2D eigenvalue weighted by atomic mass is 19.1. The average Bonchev–Trinajstić information content (AvgIpc) is 2.81. The third-order valence-corrected chi connectivity index (χ3v) is 3.97. The minimum absolute atomic E-state index is 0.0395. The number of carboxylic acids is 1. The van der Waals surface area contributed by atoms with Gasteiger partial charge in [-0.3, -0.25) is 0 Å². The van der Waals surface area contributed by atoms with Crippen molar-refractivity contribution in [2.75, 3.05) is 36.0 Å². The molecule has 0 unspecified atom stereocenters. The van der Waals surface area contributed by atoms with Crippen molar-refractivity contribution in [2.24, 2.45) is 0 Å². The van der Waals surface area contributed by atoms with E-state index in [9.17, 15) is 9.18 Å². The minimum atomic E-state index is -1.03. The Balaban J connectivity index is 1.75. The summed E-state index contributed by atoms with van der Waals surface area (Å²) in [5, 5.41) is 9.05. The Kier molecular flexibility index (Phi) is 4.41. The summed E-state index contributed by atoms with van der Waals surface area (Å²) in [6, 6.07) is 11.8. The van der Waals surface area contributed by atoms with Crippen LogP contribution in [-0.4, -0.2) is 42.2 Å². The maximum absolute atomic E-state index is 13.9. The molecule has 2 aromatic rings. The largest absolute Gasteiger partial charge is 0.477 e. The van der Waals surface area contributed by atoms with Crippen molar-refractivity contribution in [2.45, 2.75) is 6.42 Å². The summed E-state index contributed by atoms with van der Waals surface area (Å²) in [4.78, 5) is 19.3. The third kappa shape index (κ3) is 3.41. The molecule has 1 aliphatic rings. The van der Waals surface area contributed by atoms with Crippen LogP contribution >= 0.6 is 0 Å². The first-order valence-electron chi connectivity index (χ1n) is 7.60. The van der Waals surface area contributed by atoms with Gasteiger partial charge < -0.3 is 14.9 Å². The molecule has 1 saturated heterocycles. The standard InChI is InChI=1S/C17H18FN3O2/c18-13-5-1-2-7-15(13)20-9-4-10-21(12-11-20)16-8-3-6-14(19-16)17(22)23/h1-3,5-8H,4,9-12H2,(H,22,23). The molecule has 1 aromatic heterocycles. The van der Waals surface area contributed by atoms with Crippen molar-refractivity contribution < 1.29 is 14.3 Å². The van der Waals surface area contributed by atoms with E-state index in [1.54, 1.807) is 18.2 Å². The van der Waals surface area contributed by atoms with Gasteiger partial charge in [0.15, 0.2) is 5.69 Å². The third-order valence-electron chi connectivity index (χ3n) is 3.97. The summed E-state index contributed by atoms with van der Waals surface area (Å²) in [6.07, 6.45) is 0.854. The predicted octanol–water partition coefficient (Wildman–Crippen LogP) is 2.64. The topological polar surface area (TPSA) is 56.7 Å². The van der Waals surface area contributed by atoms with Crippen LogP contribution in [-0.2, 0) is 0 Å². The summed E-state index contributed by atoms with van der Waals surface area (Å²) >= 11 is 0. The first kappa shape index (κ1) is 15.3. The molecule has 3 rings (SSSR count). The van der Waals surface area contributed by atoms with Crippen molar-refractivity contribution >= 4 is 17.5 Å². The number of pyridine rings is 1. The molecule has 120 valence electrons. The van der Waals surface area contributed by atoms with Gasteiger partial charge in [0.05, 0.1) is 5.69 Å². The fourth-order valence-corrected chi connectivity index (χ4v) is 2.81. The van der Waals surface area contributed by atoms with E-state index in [2.05, 4.69) is 4.98 Å². The number of halogens is 1. The highest BCUT2D eigenvalue weighted by molar-refractivity contribution is 5.85. The van der Waals surface area contributed by atoms with Crippen LogP contribution in [0.2, 0.25) is 0 Å². The maximum atomic E-state index is 13.9. The predicted molar refractivity (Wildman–Crippen MR) is 86.6 cm³/mol. The molecule has 0 saturated carbocycles. The summed E-state index contributed by atoms with van der Waals surface area (Å²) in [6.45, 7) is 2.86. The molecule has 1 aliphatic heterocycles. The Hall–Kier alpha value is -2.63. The normalized spacial score (nSPS) is 15.3. The molecule has 1 fully saturated rings. The number of anilines is 2. The zero-order valence-electron chi connectivity index (χ0n) is 12.7. The van der Waals surface area contributed by atoms with E-state index in [1.807, 2.05) is 21.9 Å². The number of para-hydroxylation sites is 1. The number of carbonyl (C=O) groups is 1. The van der Waals surface area contributed by atoms with Crippen LogP contribution in [0, 0.1) is 5.82 Å². The molecule has 0 atom stereocenters. The van der Waals surface area contributed by atoms with Gasteiger partial charge >= 0.3 is 5.97 Å². The van der Waals surface area contributed by atoms with Crippen molar-refractivity contribution in [3.05, 3.63) is 54.0 Å². The van der Waals surface area contributed by atoms with Crippen molar-refractivity contribution in [1.29, 1.82) is 0 Å². The highest BCUT2D eigenvalue weighted by Crippen LogP contribution is 2.22. The molecule has 23 heavy (non-hydrogen) atoms. The van der Waals surface area contributed by atoms with E-state index < -0.39 is 5.97 Å². The molecule has 1 N–H and O–H groups in total. The van der Waals surface area contributed by atoms with Crippen LogP contribution in [0.1, 0.15) is 16.9 Å². The average molecular weight is 315 g/mol. The number of benzene rings is 1. The number of carboxylic acid groups (broad SMARTS) is 1. The molecular formula is C17H18FN3O2. The van der Waals surface area contributed by atoms with Gasteiger partial charge in [-0.15, -0.1) is 0 Å². The van der Waals surface area contributed by atoms with Crippen LogP contribution in [0.4, 0.5) is 15.9 Å². The minimum Gasteiger partial charge on any atom is -0.477 e. The molecule has 2 heterocycles. The highest BCUT2D eigenvalue weighted by Gasteiger charge is 2.19. The molecule has 1 aromatic carbocycles. The van der Waals surface area contributed by atoms with Crippen LogP contribution in [0.3, 0.4) is 0 Å². The number of aromatic carboxylic acids is 1. The second kappa shape index (κ2) is 6.64. The molecule has 0 bridgehead atoms. The Morgan fingerprint density at radius 2 is 1.74 bits per heavy atom. The van der Waals surface area contributed by atoms with Crippen molar-refractivity contribution in [3.8, 4) is 0 Å². The summed E-state index contributed by atoms with van der Waals surface area (Å²) in [5.41, 5.74) is 0.652. The van der Waals surface area contributed by atoms with Gasteiger partial charge in [0.2, 0.25) is 0 Å². The molecule has 0 amide bonds. The lowest BCUT2D eigenvalue weighted by molar-refractivity contribution is 0.0690. The van der Waals surface area contributed by atoms with Gasteiger partial charge in [-0.05, 0) is 30.7 Å². The van der Waals surface area contributed by atoms with Crippen LogP contribution in [0.5, 0.6) is 0 Å². The van der Waals surface area contributed by atoms with Gasteiger partial charge in [0.25, 0.3) is 0 Å². The van der Waals surface area contributed by atoms with E-state index in [-0.39, 0.29) is 11.5 Å². The fourth-order valence-electron chi connectivity index (χ4n) is 2.81. The number of hydrogen-bond donors (Lipinski definition) is 1. The molecule has 5 nitrogen and oxygen atoms in total. The molecule has 0 radical (unpaired) electrons. The Labute approximate surface area is 134 Å². The summed E-state index contributed by atoms with van der Waals surface area (Å²) in [7, 11) is 0. The Bertz CT molecular complexity index is 708. The lowest BCUT2D eigenvalue weighted by Crippen LogP contribution is -2.31. The zero-order chi connectivity index (χ0) is 16.2. The number of nitrogens with zero attached hydrogens (tertiary/aromatic N) is 3. The summed E-state index contributed by atoms with van der Waals surface area (Å²) in [5.74, 6) is -0.595. The van der Waals surface area contributed by atoms with E-state index in [4.69, 9.17) is 5.11 Å². The van der Waals surface area contributed by atoms with E-state index >= 15 is 0 Å². The first-order chi connectivity index (χ1) is 11.1. The van der Waals surface area contributed by atoms with Gasteiger partial charge in [0.1, 0.15) is 11.6 Å². The van der Waals surface area contributed by atoms with Gasteiger partial charge in [-0.2, -0.15) is 0 Å². The zero-order valence-corrected chi connectivity index (χ0v) is 12.7. The fraction of sp³-hybridized carbons (Fsp3) is 0.294. The monoisotopic (exact) mass is 315 g/mol. The van der Waals surface area contributed by atoms with E-state index in [1.165, 1.54) is 12.1 Å². The lowest BCUT2D eigenvalue weighted by Gasteiger charge is -2.24.